The fourth-order valence-electron chi connectivity index (χ4n) is 2.88. The summed E-state index contributed by atoms with van der Waals surface area (Å²) in [6.07, 6.45) is 4.34. The number of carboxylic acids is 1. The van der Waals surface area contributed by atoms with Gasteiger partial charge in [-0.2, -0.15) is 0 Å². The first kappa shape index (κ1) is 14.5. The van der Waals surface area contributed by atoms with Crippen LogP contribution in [0.3, 0.4) is 0 Å². The van der Waals surface area contributed by atoms with Gasteiger partial charge < -0.3 is 15.5 Å². The van der Waals surface area contributed by atoms with Crippen molar-refractivity contribution in [3.05, 3.63) is 21.9 Å². The van der Waals surface area contributed by atoms with Crippen LogP contribution in [0.1, 0.15) is 47.8 Å². The summed E-state index contributed by atoms with van der Waals surface area (Å²) in [4.78, 5) is 11.8. The van der Waals surface area contributed by atoms with Crippen LogP contribution < -0.4 is 5.32 Å². The molecule has 2 rings (SSSR count). The van der Waals surface area contributed by atoms with Gasteiger partial charge >= 0.3 is 5.97 Å². The van der Waals surface area contributed by atoms with Crippen LogP contribution in [-0.2, 0) is 6.54 Å². The Kier molecular flexibility index (Phi) is 4.60. The number of thiophene rings is 1. The molecular formula is C14H21NO3S. The van der Waals surface area contributed by atoms with Gasteiger partial charge in [-0.05, 0) is 24.8 Å². The lowest BCUT2D eigenvalue weighted by atomic mass is 9.77. The number of nitrogens with one attached hydrogen (secondary N) is 1. The SMILES string of the molecule is CC1CCCC(CO)(NCc2cc(C(=O)O)cs2)C1. The molecule has 0 aromatic carbocycles. The van der Waals surface area contributed by atoms with E-state index in [-0.39, 0.29) is 12.1 Å². The maximum atomic E-state index is 10.8. The summed E-state index contributed by atoms with van der Waals surface area (Å²) in [7, 11) is 0. The smallest absolute Gasteiger partial charge is 0.336 e. The molecular weight excluding hydrogens is 262 g/mol. The van der Waals surface area contributed by atoms with Crippen LogP contribution in [0.25, 0.3) is 0 Å². The first-order chi connectivity index (χ1) is 9.04. The highest BCUT2D eigenvalue weighted by atomic mass is 32.1. The van der Waals surface area contributed by atoms with Crippen molar-refractivity contribution in [1.29, 1.82) is 0 Å². The third-order valence-corrected chi connectivity index (χ3v) is 4.87. The maximum Gasteiger partial charge on any atom is 0.336 e. The Balaban J connectivity index is 1.97. The molecule has 1 fully saturated rings. The first-order valence-electron chi connectivity index (χ1n) is 6.71. The Morgan fingerprint density at radius 1 is 1.63 bits per heavy atom. The van der Waals surface area contributed by atoms with Crippen LogP contribution in [0.2, 0.25) is 0 Å². The van der Waals surface area contributed by atoms with E-state index >= 15 is 0 Å². The van der Waals surface area contributed by atoms with Gasteiger partial charge in [-0.25, -0.2) is 4.79 Å². The molecule has 3 N–H and O–H groups in total. The minimum absolute atomic E-state index is 0.147. The van der Waals surface area contributed by atoms with E-state index in [1.807, 2.05) is 0 Å². The zero-order chi connectivity index (χ0) is 13.9. The third kappa shape index (κ3) is 3.55. The topological polar surface area (TPSA) is 69.6 Å². The predicted octanol–water partition coefficient (Wildman–Crippen LogP) is 2.48. The van der Waals surface area contributed by atoms with Gasteiger partial charge in [0.1, 0.15) is 0 Å². The fraction of sp³-hybridized carbons (Fsp3) is 0.643. The average Bonchev–Trinajstić information content (AvgIpc) is 2.85. The molecule has 0 bridgehead atoms. The molecule has 4 nitrogen and oxygen atoms in total. The van der Waals surface area contributed by atoms with E-state index in [1.54, 1.807) is 11.4 Å². The van der Waals surface area contributed by atoms with Gasteiger partial charge in [0.15, 0.2) is 0 Å². The number of aliphatic hydroxyl groups is 1. The minimum atomic E-state index is -0.884. The fourth-order valence-corrected chi connectivity index (χ4v) is 3.68. The number of hydrogen-bond acceptors (Lipinski definition) is 4. The van der Waals surface area contributed by atoms with Crippen molar-refractivity contribution in [2.45, 2.75) is 44.7 Å². The van der Waals surface area contributed by atoms with Crippen LogP contribution in [0.4, 0.5) is 0 Å². The van der Waals surface area contributed by atoms with E-state index in [9.17, 15) is 9.90 Å². The summed E-state index contributed by atoms with van der Waals surface area (Å²) < 4.78 is 0. The maximum absolute atomic E-state index is 10.8. The van der Waals surface area contributed by atoms with Crippen LogP contribution in [0.5, 0.6) is 0 Å². The lowest BCUT2D eigenvalue weighted by Crippen LogP contribution is -2.50. The van der Waals surface area contributed by atoms with Crippen molar-refractivity contribution in [3.63, 3.8) is 0 Å². The van der Waals surface area contributed by atoms with Crippen LogP contribution in [0, 0.1) is 5.92 Å². The van der Waals surface area contributed by atoms with Gasteiger partial charge in [0.05, 0.1) is 12.2 Å². The van der Waals surface area contributed by atoms with Gasteiger partial charge in [0.25, 0.3) is 0 Å². The van der Waals surface area contributed by atoms with E-state index in [0.717, 1.165) is 24.1 Å². The second-order valence-electron chi connectivity index (χ2n) is 5.60. The number of hydrogen-bond donors (Lipinski definition) is 3. The third-order valence-electron chi connectivity index (χ3n) is 3.93. The Morgan fingerprint density at radius 3 is 3.00 bits per heavy atom. The van der Waals surface area contributed by atoms with E-state index in [2.05, 4.69) is 12.2 Å². The Labute approximate surface area is 117 Å². The van der Waals surface area contributed by atoms with Gasteiger partial charge in [0, 0.05) is 22.3 Å². The molecule has 2 atom stereocenters. The van der Waals surface area contributed by atoms with Crippen molar-refractivity contribution in [2.75, 3.05) is 6.61 Å². The summed E-state index contributed by atoms with van der Waals surface area (Å²) in [6, 6.07) is 1.71. The quantitative estimate of drug-likeness (QED) is 0.776. The highest BCUT2D eigenvalue weighted by Crippen LogP contribution is 2.32. The molecule has 19 heavy (non-hydrogen) atoms. The predicted molar refractivity (Wildman–Crippen MR) is 75.6 cm³/mol. The van der Waals surface area contributed by atoms with E-state index in [1.165, 1.54) is 17.8 Å². The molecule has 1 aromatic rings. The van der Waals surface area contributed by atoms with Crippen molar-refractivity contribution >= 4 is 17.3 Å². The standard InChI is InChI=1S/C14H21NO3S/c1-10-3-2-4-14(6-10,9-16)15-7-12-5-11(8-19-12)13(17)18/h5,8,10,15-16H,2-4,6-7,9H2,1H3,(H,17,18). The molecule has 5 heteroatoms. The van der Waals surface area contributed by atoms with Gasteiger partial charge in [-0.15, -0.1) is 11.3 Å². The van der Waals surface area contributed by atoms with Gasteiger partial charge in [-0.3, -0.25) is 0 Å². The summed E-state index contributed by atoms with van der Waals surface area (Å²) in [5.41, 5.74) is 0.155. The zero-order valence-electron chi connectivity index (χ0n) is 11.2. The van der Waals surface area contributed by atoms with Crippen LogP contribution in [-0.4, -0.2) is 28.3 Å². The summed E-state index contributed by atoms with van der Waals surface area (Å²) in [6.45, 7) is 3.00. The molecule has 1 heterocycles. The molecule has 0 saturated heterocycles. The molecule has 0 spiro atoms. The van der Waals surface area contributed by atoms with Crippen molar-refractivity contribution in [1.82, 2.24) is 5.32 Å². The minimum Gasteiger partial charge on any atom is -0.478 e. The highest BCUT2D eigenvalue weighted by molar-refractivity contribution is 7.10. The first-order valence-corrected chi connectivity index (χ1v) is 7.59. The Morgan fingerprint density at radius 2 is 2.42 bits per heavy atom. The zero-order valence-corrected chi connectivity index (χ0v) is 12.0. The Bertz CT molecular complexity index is 446. The van der Waals surface area contributed by atoms with Crippen molar-refractivity contribution in [2.24, 2.45) is 5.92 Å². The number of carbonyl (C=O) groups is 1. The molecule has 2 unspecified atom stereocenters. The van der Waals surface area contributed by atoms with Crippen molar-refractivity contribution < 1.29 is 15.0 Å². The van der Waals surface area contributed by atoms with Gasteiger partial charge in [-0.1, -0.05) is 19.8 Å². The molecule has 0 aliphatic heterocycles. The largest absolute Gasteiger partial charge is 0.478 e. The molecule has 1 saturated carbocycles. The monoisotopic (exact) mass is 283 g/mol. The van der Waals surface area contributed by atoms with Crippen LogP contribution in [0.15, 0.2) is 11.4 Å². The summed E-state index contributed by atoms with van der Waals surface area (Å²) in [5, 5.41) is 23.7. The molecule has 1 aromatic heterocycles. The van der Waals surface area contributed by atoms with E-state index in [0.29, 0.717) is 18.0 Å². The summed E-state index contributed by atoms with van der Waals surface area (Å²) >= 11 is 1.45. The van der Waals surface area contributed by atoms with Crippen molar-refractivity contribution in [3.8, 4) is 0 Å². The lowest BCUT2D eigenvalue weighted by Gasteiger charge is -2.39. The number of rotatable bonds is 5. The highest BCUT2D eigenvalue weighted by Gasteiger charge is 2.33. The molecule has 0 radical (unpaired) electrons. The molecule has 106 valence electrons. The average molecular weight is 283 g/mol. The molecule has 1 aliphatic rings. The number of aliphatic hydroxyl groups excluding tert-OH is 1. The summed E-state index contributed by atoms with van der Waals surface area (Å²) in [5.74, 6) is -0.253. The lowest BCUT2D eigenvalue weighted by molar-refractivity contribution is 0.0697. The molecule has 1 aliphatic carbocycles. The second-order valence-corrected chi connectivity index (χ2v) is 6.60. The number of carboxylic acid groups (broad SMARTS) is 1. The van der Waals surface area contributed by atoms with E-state index in [4.69, 9.17) is 5.11 Å². The number of aromatic carboxylic acids is 1. The normalized spacial score (nSPS) is 27.4. The van der Waals surface area contributed by atoms with Gasteiger partial charge in [0.2, 0.25) is 0 Å². The van der Waals surface area contributed by atoms with Crippen LogP contribution >= 0.6 is 11.3 Å². The molecule has 0 amide bonds. The Hall–Kier alpha value is -0.910. The second kappa shape index (κ2) is 6.03. The van der Waals surface area contributed by atoms with E-state index < -0.39 is 5.97 Å².